The average Bonchev–Trinajstić information content (AvgIpc) is 2.82. The maximum absolute atomic E-state index is 5.87. The molecule has 0 saturated carbocycles. The molecule has 3 rings (SSSR count). The fraction of sp³-hybridized carbons (Fsp3) is 0.357. The molecular formula is C14H15ClN2O. The van der Waals surface area contributed by atoms with Crippen LogP contribution in [0.15, 0.2) is 28.9 Å². The van der Waals surface area contributed by atoms with Gasteiger partial charge in [-0.3, -0.25) is 0 Å². The molecule has 18 heavy (non-hydrogen) atoms. The van der Waals surface area contributed by atoms with Gasteiger partial charge in [0, 0.05) is 12.0 Å². The van der Waals surface area contributed by atoms with Crippen LogP contribution in [0.4, 0.5) is 5.69 Å². The van der Waals surface area contributed by atoms with E-state index in [-0.39, 0.29) is 0 Å². The third kappa shape index (κ3) is 2.10. The highest BCUT2D eigenvalue weighted by Gasteiger charge is 2.22. The van der Waals surface area contributed by atoms with Crippen LogP contribution in [0.2, 0.25) is 5.15 Å². The fourth-order valence-electron chi connectivity index (χ4n) is 2.51. The molecule has 1 atom stereocenters. The number of furan rings is 1. The van der Waals surface area contributed by atoms with Crippen molar-refractivity contribution in [2.24, 2.45) is 0 Å². The predicted octanol–water partition coefficient (Wildman–Crippen LogP) is 4.13. The minimum atomic E-state index is 0.314. The molecule has 0 aliphatic heterocycles. The number of fused-ring (bicyclic) bond motifs is 1. The second-order valence-electron chi connectivity index (χ2n) is 4.66. The summed E-state index contributed by atoms with van der Waals surface area (Å²) in [6.07, 6.45) is 5.09. The van der Waals surface area contributed by atoms with E-state index >= 15 is 0 Å². The van der Waals surface area contributed by atoms with Gasteiger partial charge in [0.25, 0.3) is 0 Å². The van der Waals surface area contributed by atoms with Crippen molar-refractivity contribution in [3.8, 4) is 0 Å². The van der Waals surface area contributed by atoms with Gasteiger partial charge in [0.15, 0.2) is 0 Å². The van der Waals surface area contributed by atoms with Crippen LogP contribution < -0.4 is 5.32 Å². The Morgan fingerprint density at radius 1 is 1.39 bits per heavy atom. The van der Waals surface area contributed by atoms with Crippen LogP contribution in [0, 0.1) is 6.92 Å². The van der Waals surface area contributed by atoms with Crippen LogP contribution in [0.1, 0.15) is 35.9 Å². The van der Waals surface area contributed by atoms with Crippen molar-refractivity contribution in [3.05, 3.63) is 46.6 Å². The Hall–Kier alpha value is -1.48. The summed E-state index contributed by atoms with van der Waals surface area (Å²) in [4.78, 5) is 4.26. The maximum Gasteiger partial charge on any atom is 0.129 e. The zero-order chi connectivity index (χ0) is 12.5. The number of aryl methyl sites for hydroxylation is 2. The standard InChI is InChI=1S/C14H15ClN2O/c1-9-11(5-6-14(15)16-9)17-12-3-2-4-13-10(12)7-8-18-13/h5-8,12,17H,2-4H2,1H3. The zero-order valence-corrected chi connectivity index (χ0v) is 11.0. The lowest BCUT2D eigenvalue weighted by molar-refractivity contribution is 0.461. The molecule has 1 aliphatic rings. The Balaban J connectivity index is 1.86. The van der Waals surface area contributed by atoms with Crippen molar-refractivity contribution in [1.29, 1.82) is 0 Å². The number of hydrogen-bond acceptors (Lipinski definition) is 3. The number of anilines is 1. The van der Waals surface area contributed by atoms with Gasteiger partial charge < -0.3 is 9.73 Å². The summed E-state index contributed by atoms with van der Waals surface area (Å²) < 4.78 is 5.50. The first-order valence-electron chi connectivity index (χ1n) is 6.20. The van der Waals surface area contributed by atoms with Gasteiger partial charge in [0.05, 0.1) is 23.7 Å². The van der Waals surface area contributed by atoms with Gasteiger partial charge >= 0.3 is 0 Å². The topological polar surface area (TPSA) is 38.1 Å². The van der Waals surface area contributed by atoms with E-state index in [2.05, 4.69) is 16.4 Å². The molecule has 0 radical (unpaired) electrons. The number of pyridine rings is 1. The van der Waals surface area contributed by atoms with Crippen LogP contribution in [-0.2, 0) is 6.42 Å². The highest BCUT2D eigenvalue weighted by atomic mass is 35.5. The summed E-state index contributed by atoms with van der Waals surface area (Å²) in [6, 6.07) is 6.18. The van der Waals surface area contributed by atoms with Gasteiger partial charge in [-0.05, 0) is 38.0 Å². The van der Waals surface area contributed by atoms with Crippen molar-refractivity contribution in [1.82, 2.24) is 4.98 Å². The average molecular weight is 263 g/mol. The van der Waals surface area contributed by atoms with Gasteiger partial charge in [0.1, 0.15) is 10.9 Å². The van der Waals surface area contributed by atoms with Crippen LogP contribution in [-0.4, -0.2) is 4.98 Å². The molecule has 94 valence electrons. The van der Waals surface area contributed by atoms with Gasteiger partial charge in [-0.2, -0.15) is 0 Å². The van der Waals surface area contributed by atoms with Crippen LogP contribution in [0.3, 0.4) is 0 Å². The molecule has 1 N–H and O–H groups in total. The Morgan fingerprint density at radius 2 is 2.28 bits per heavy atom. The van der Waals surface area contributed by atoms with E-state index < -0.39 is 0 Å². The normalized spacial score (nSPS) is 18.4. The molecule has 0 amide bonds. The molecule has 0 bridgehead atoms. The Bertz CT molecular complexity index is 565. The van der Waals surface area contributed by atoms with Crippen molar-refractivity contribution in [2.75, 3.05) is 5.32 Å². The van der Waals surface area contributed by atoms with E-state index in [4.69, 9.17) is 16.0 Å². The third-order valence-electron chi connectivity index (χ3n) is 3.43. The number of hydrogen-bond donors (Lipinski definition) is 1. The lowest BCUT2D eigenvalue weighted by Crippen LogP contribution is -2.16. The summed E-state index contributed by atoms with van der Waals surface area (Å²) >= 11 is 5.87. The van der Waals surface area contributed by atoms with Crippen molar-refractivity contribution < 1.29 is 4.42 Å². The molecule has 0 fully saturated rings. The highest BCUT2D eigenvalue weighted by molar-refractivity contribution is 6.29. The predicted molar refractivity (Wildman–Crippen MR) is 72.0 cm³/mol. The number of halogens is 1. The first kappa shape index (κ1) is 11.6. The van der Waals surface area contributed by atoms with Gasteiger partial charge in [-0.15, -0.1) is 0 Å². The highest BCUT2D eigenvalue weighted by Crippen LogP contribution is 2.33. The number of nitrogens with one attached hydrogen (secondary N) is 1. The minimum Gasteiger partial charge on any atom is -0.469 e. The Kier molecular flexibility index (Phi) is 3.00. The molecule has 3 nitrogen and oxygen atoms in total. The molecule has 1 unspecified atom stereocenters. The molecular weight excluding hydrogens is 248 g/mol. The fourth-order valence-corrected chi connectivity index (χ4v) is 2.70. The largest absolute Gasteiger partial charge is 0.469 e. The molecule has 0 saturated heterocycles. The van der Waals surface area contributed by atoms with Crippen molar-refractivity contribution in [2.45, 2.75) is 32.2 Å². The minimum absolute atomic E-state index is 0.314. The molecule has 2 aromatic rings. The summed E-state index contributed by atoms with van der Waals surface area (Å²) in [5, 5.41) is 4.07. The Morgan fingerprint density at radius 3 is 3.11 bits per heavy atom. The monoisotopic (exact) mass is 262 g/mol. The van der Waals surface area contributed by atoms with Crippen molar-refractivity contribution >= 4 is 17.3 Å². The van der Waals surface area contributed by atoms with Gasteiger partial charge in [-0.1, -0.05) is 11.6 Å². The van der Waals surface area contributed by atoms with Crippen LogP contribution in [0.25, 0.3) is 0 Å². The zero-order valence-electron chi connectivity index (χ0n) is 10.2. The van der Waals surface area contributed by atoms with E-state index in [1.807, 2.05) is 19.1 Å². The lowest BCUT2D eigenvalue weighted by atomic mass is 9.93. The van der Waals surface area contributed by atoms with E-state index in [0.717, 1.165) is 36.4 Å². The summed E-state index contributed by atoms with van der Waals surface area (Å²) in [5.74, 6) is 1.11. The first-order chi connectivity index (χ1) is 8.74. The summed E-state index contributed by atoms with van der Waals surface area (Å²) in [7, 11) is 0. The molecule has 0 aromatic carbocycles. The van der Waals surface area contributed by atoms with E-state index in [1.54, 1.807) is 6.26 Å². The Labute approximate surface area is 111 Å². The van der Waals surface area contributed by atoms with E-state index in [0.29, 0.717) is 11.2 Å². The molecule has 0 spiro atoms. The number of aromatic nitrogens is 1. The smallest absolute Gasteiger partial charge is 0.129 e. The van der Waals surface area contributed by atoms with Crippen LogP contribution >= 0.6 is 11.6 Å². The quantitative estimate of drug-likeness (QED) is 0.827. The molecule has 2 aromatic heterocycles. The summed E-state index contributed by atoms with van der Waals surface area (Å²) in [5.41, 5.74) is 3.24. The summed E-state index contributed by atoms with van der Waals surface area (Å²) in [6.45, 7) is 1.97. The van der Waals surface area contributed by atoms with E-state index in [1.165, 1.54) is 5.56 Å². The first-order valence-corrected chi connectivity index (χ1v) is 6.58. The van der Waals surface area contributed by atoms with Crippen molar-refractivity contribution in [3.63, 3.8) is 0 Å². The third-order valence-corrected chi connectivity index (χ3v) is 3.64. The van der Waals surface area contributed by atoms with Gasteiger partial charge in [-0.25, -0.2) is 4.98 Å². The second kappa shape index (κ2) is 4.65. The molecule has 1 aliphatic carbocycles. The number of rotatable bonds is 2. The van der Waals surface area contributed by atoms with Crippen LogP contribution in [0.5, 0.6) is 0 Å². The lowest BCUT2D eigenvalue weighted by Gasteiger charge is -2.24. The van der Waals surface area contributed by atoms with Gasteiger partial charge in [0.2, 0.25) is 0 Å². The molecule has 2 heterocycles. The number of nitrogens with zero attached hydrogens (tertiary/aromatic N) is 1. The SMILES string of the molecule is Cc1nc(Cl)ccc1NC1CCCc2occc21. The van der Waals surface area contributed by atoms with E-state index in [9.17, 15) is 0 Å². The molecule has 4 heteroatoms. The maximum atomic E-state index is 5.87. The second-order valence-corrected chi connectivity index (χ2v) is 5.04.